The van der Waals surface area contributed by atoms with E-state index in [4.69, 9.17) is 9.40 Å². The van der Waals surface area contributed by atoms with Gasteiger partial charge in [0.25, 0.3) is 11.9 Å². The number of anilines is 3. The van der Waals surface area contributed by atoms with Gasteiger partial charge in [-0.25, -0.2) is 4.98 Å². The van der Waals surface area contributed by atoms with Crippen LogP contribution in [0.15, 0.2) is 22.9 Å². The van der Waals surface area contributed by atoms with Crippen LogP contribution >= 0.6 is 13.5 Å². The van der Waals surface area contributed by atoms with Gasteiger partial charge in [0.2, 0.25) is 0 Å². The molecule has 31 heavy (non-hydrogen) atoms. The minimum absolute atomic E-state index is 0. The average Bonchev–Trinajstić information content (AvgIpc) is 3.46. The van der Waals surface area contributed by atoms with Crippen LogP contribution in [0.2, 0.25) is 0 Å². The van der Waals surface area contributed by atoms with E-state index in [9.17, 15) is 9.90 Å². The third kappa shape index (κ3) is 4.33. The first-order chi connectivity index (χ1) is 14.6. The summed E-state index contributed by atoms with van der Waals surface area (Å²) in [4.78, 5) is 26.0. The summed E-state index contributed by atoms with van der Waals surface area (Å²) in [7, 11) is 1.85. The van der Waals surface area contributed by atoms with Gasteiger partial charge in [0.1, 0.15) is 6.26 Å². The number of aryl methyl sites for hydroxylation is 1. The van der Waals surface area contributed by atoms with Crippen LogP contribution in [0.4, 0.5) is 17.5 Å². The topological polar surface area (TPSA) is 113 Å². The van der Waals surface area contributed by atoms with E-state index >= 15 is 0 Å². The van der Waals surface area contributed by atoms with Crippen LogP contribution in [0.5, 0.6) is 0 Å². The lowest BCUT2D eigenvalue weighted by molar-refractivity contribution is 0.102. The fraction of sp³-hybridized carbons (Fsp3) is 0.500. The van der Waals surface area contributed by atoms with Crippen LogP contribution in [-0.4, -0.2) is 63.0 Å². The normalized spacial score (nSPS) is 19.0. The number of aromatic nitrogens is 4. The third-order valence-electron chi connectivity index (χ3n) is 5.65. The molecule has 1 amide bonds. The minimum Gasteiger partial charge on any atom is -0.431 e. The lowest BCUT2D eigenvalue weighted by Crippen LogP contribution is -2.31. The van der Waals surface area contributed by atoms with Crippen molar-refractivity contribution in [2.45, 2.75) is 31.8 Å². The number of carbonyl (C=O) groups excluding carboxylic acids is 1. The van der Waals surface area contributed by atoms with Crippen molar-refractivity contribution in [2.75, 3.05) is 41.3 Å². The average molecular weight is 446 g/mol. The lowest BCUT2D eigenvalue weighted by atomic mass is 10.1. The summed E-state index contributed by atoms with van der Waals surface area (Å²) >= 11 is 0. The number of nitrogens with zero attached hydrogens (tertiary/aromatic N) is 6. The molecule has 166 valence electrons. The van der Waals surface area contributed by atoms with E-state index in [0.29, 0.717) is 36.9 Å². The first kappa shape index (κ1) is 21.4. The van der Waals surface area contributed by atoms with Crippen LogP contribution in [0, 0.1) is 0 Å². The Morgan fingerprint density at radius 2 is 2.00 bits per heavy atom. The molecule has 0 bridgehead atoms. The molecule has 10 nitrogen and oxygen atoms in total. The highest BCUT2D eigenvalue weighted by atomic mass is 32.1. The van der Waals surface area contributed by atoms with E-state index in [2.05, 4.69) is 20.3 Å². The Morgan fingerprint density at radius 3 is 2.74 bits per heavy atom. The Bertz CT molecular complexity index is 1080. The molecule has 1 atom stereocenters. The number of piperidine rings is 1. The molecule has 0 spiro atoms. The van der Waals surface area contributed by atoms with Crippen molar-refractivity contribution in [3.05, 3.63) is 24.2 Å². The van der Waals surface area contributed by atoms with E-state index in [-0.39, 0.29) is 25.1 Å². The van der Waals surface area contributed by atoms with Crippen molar-refractivity contribution in [1.29, 1.82) is 0 Å². The quantitative estimate of drug-likeness (QED) is 0.626. The van der Waals surface area contributed by atoms with Crippen molar-refractivity contribution in [1.82, 2.24) is 19.7 Å². The van der Waals surface area contributed by atoms with Crippen LogP contribution in [0.25, 0.3) is 11.0 Å². The van der Waals surface area contributed by atoms with Crippen molar-refractivity contribution in [2.24, 2.45) is 7.05 Å². The number of nitrogens with one attached hydrogen (secondary N) is 1. The van der Waals surface area contributed by atoms with Crippen LogP contribution in [-0.2, 0) is 7.05 Å². The number of hydrogen-bond donors (Lipinski definition) is 2. The Morgan fingerprint density at radius 1 is 1.19 bits per heavy atom. The van der Waals surface area contributed by atoms with Gasteiger partial charge in [-0.3, -0.25) is 9.48 Å². The molecule has 0 unspecified atom stereocenters. The molecule has 11 heteroatoms. The summed E-state index contributed by atoms with van der Waals surface area (Å²) in [6.07, 6.45) is 6.92. The Labute approximate surface area is 186 Å². The molecule has 0 saturated carbocycles. The number of pyridine rings is 1. The number of rotatable bonds is 4. The molecule has 2 aliphatic heterocycles. The Hall–Kier alpha value is -2.79. The van der Waals surface area contributed by atoms with Gasteiger partial charge in [0, 0.05) is 44.8 Å². The van der Waals surface area contributed by atoms with Gasteiger partial charge in [-0.05, 0) is 31.7 Å². The van der Waals surface area contributed by atoms with E-state index < -0.39 is 6.10 Å². The summed E-state index contributed by atoms with van der Waals surface area (Å²) < 4.78 is 7.20. The van der Waals surface area contributed by atoms with Gasteiger partial charge in [-0.15, -0.1) is 0 Å². The van der Waals surface area contributed by atoms with Crippen LogP contribution in [0.1, 0.15) is 36.2 Å². The number of hydrogen-bond acceptors (Lipinski definition) is 8. The van der Waals surface area contributed by atoms with Gasteiger partial charge in [0.15, 0.2) is 17.2 Å². The summed E-state index contributed by atoms with van der Waals surface area (Å²) in [5.41, 5.74) is 1.50. The van der Waals surface area contributed by atoms with Gasteiger partial charge in [-0.2, -0.15) is 23.6 Å². The number of amides is 1. The molecule has 3 aromatic rings. The highest BCUT2D eigenvalue weighted by molar-refractivity contribution is 7.59. The molecular formula is C20H27N7O3S. The standard InChI is InChI=1S/C20H25N7O3.H2S/c1-25-10-13-9-15(18(23-17(13)24-25)26-6-3-2-4-7-26)21-19(29)16-12-30-20(22-16)27-8-5-14(28)11-27;/h9-10,12,14,28H,2-8,11H2,1H3,(H,21,29);1H2/t14-;/m0./s1. The van der Waals surface area contributed by atoms with Gasteiger partial charge in [0.05, 0.1) is 11.8 Å². The number of β-amino-alcohol motifs (C(OH)–C–C–N with tert-alkyl or cyclic N) is 1. The highest BCUT2D eigenvalue weighted by Crippen LogP contribution is 2.30. The molecule has 0 aromatic carbocycles. The second-order valence-corrected chi connectivity index (χ2v) is 7.98. The Kier molecular flexibility index (Phi) is 6.05. The van der Waals surface area contributed by atoms with Gasteiger partial charge >= 0.3 is 0 Å². The number of aliphatic hydroxyl groups is 1. The zero-order valence-corrected chi connectivity index (χ0v) is 18.4. The number of aliphatic hydroxyl groups excluding tert-OH is 1. The SMILES string of the molecule is Cn1cc2cc(NC(=O)c3coc(N4CC[C@H](O)C4)n3)c(N3CCCCC3)nc2n1.S. The molecule has 0 aliphatic carbocycles. The van der Waals surface area contributed by atoms with Gasteiger partial charge < -0.3 is 24.6 Å². The first-order valence-corrected chi connectivity index (χ1v) is 10.4. The molecule has 5 heterocycles. The van der Waals surface area contributed by atoms with E-state index in [1.165, 1.54) is 12.7 Å². The minimum atomic E-state index is -0.390. The monoisotopic (exact) mass is 445 g/mol. The summed E-state index contributed by atoms with van der Waals surface area (Å²) in [5.74, 6) is 0.383. The maximum Gasteiger partial charge on any atom is 0.298 e. The molecule has 2 aliphatic rings. The fourth-order valence-corrected chi connectivity index (χ4v) is 4.12. The molecule has 2 fully saturated rings. The lowest BCUT2D eigenvalue weighted by Gasteiger charge is -2.29. The smallest absolute Gasteiger partial charge is 0.298 e. The van der Waals surface area contributed by atoms with Crippen molar-refractivity contribution in [3.63, 3.8) is 0 Å². The number of fused-ring (bicyclic) bond motifs is 1. The molecule has 3 aromatic heterocycles. The first-order valence-electron chi connectivity index (χ1n) is 10.4. The second kappa shape index (κ2) is 8.75. The second-order valence-electron chi connectivity index (χ2n) is 7.98. The fourth-order valence-electron chi connectivity index (χ4n) is 4.12. The summed E-state index contributed by atoms with van der Waals surface area (Å²) in [5, 5.41) is 17.9. The maximum atomic E-state index is 12.9. The summed E-state index contributed by atoms with van der Waals surface area (Å²) in [6, 6.07) is 2.27. The van der Waals surface area contributed by atoms with Crippen molar-refractivity contribution >= 4 is 48.0 Å². The molecular weight excluding hydrogens is 418 g/mol. The van der Waals surface area contributed by atoms with Gasteiger partial charge in [-0.1, -0.05) is 0 Å². The van der Waals surface area contributed by atoms with E-state index in [0.717, 1.165) is 37.1 Å². The van der Waals surface area contributed by atoms with E-state index in [1.54, 1.807) is 4.68 Å². The maximum absolute atomic E-state index is 12.9. The Balaban J connectivity index is 0.00000231. The molecule has 2 saturated heterocycles. The highest BCUT2D eigenvalue weighted by Gasteiger charge is 2.26. The van der Waals surface area contributed by atoms with Crippen molar-refractivity contribution < 1.29 is 14.3 Å². The summed E-state index contributed by atoms with van der Waals surface area (Å²) in [6.45, 7) is 2.92. The van der Waals surface area contributed by atoms with Crippen molar-refractivity contribution in [3.8, 4) is 0 Å². The molecule has 2 N–H and O–H groups in total. The number of carbonyl (C=O) groups is 1. The number of oxazole rings is 1. The van der Waals surface area contributed by atoms with E-state index in [1.807, 2.05) is 24.2 Å². The molecule has 5 rings (SSSR count). The molecule has 0 radical (unpaired) electrons. The van der Waals surface area contributed by atoms with Crippen LogP contribution in [0.3, 0.4) is 0 Å². The predicted octanol–water partition coefficient (Wildman–Crippen LogP) is 1.88. The predicted molar refractivity (Wildman–Crippen MR) is 122 cm³/mol. The van der Waals surface area contributed by atoms with Crippen LogP contribution < -0.4 is 15.1 Å². The third-order valence-corrected chi connectivity index (χ3v) is 5.65. The zero-order chi connectivity index (χ0) is 20.7. The largest absolute Gasteiger partial charge is 0.431 e. The zero-order valence-electron chi connectivity index (χ0n) is 17.4.